The zero-order valence-electron chi connectivity index (χ0n) is 22.9. The molecule has 1 aliphatic rings. The molecular weight excluding hydrogens is 572 g/mol. The van der Waals surface area contributed by atoms with Gasteiger partial charge in [0.15, 0.2) is 20.7 Å². The molecule has 0 unspecified atom stereocenters. The van der Waals surface area contributed by atoms with Crippen molar-refractivity contribution in [2.45, 2.75) is 49.7 Å². The highest BCUT2D eigenvalue weighted by Crippen LogP contribution is 2.27. The first-order valence-corrected chi connectivity index (χ1v) is 15.8. The van der Waals surface area contributed by atoms with Crippen LogP contribution in [-0.4, -0.2) is 86.6 Å². The molecule has 0 radical (unpaired) electrons. The van der Waals surface area contributed by atoms with E-state index >= 15 is 0 Å². The van der Waals surface area contributed by atoms with Gasteiger partial charge in [0.2, 0.25) is 5.88 Å². The molecular formula is C27H34N4O8S2. The molecule has 14 heteroatoms. The number of sulfone groups is 1. The van der Waals surface area contributed by atoms with E-state index in [0.29, 0.717) is 53.0 Å². The number of benzene rings is 1. The van der Waals surface area contributed by atoms with E-state index in [1.165, 1.54) is 31.4 Å². The lowest BCUT2D eigenvalue weighted by Gasteiger charge is -2.12. The molecule has 1 saturated carbocycles. The molecule has 2 N–H and O–H groups in total. The summed E-state index contributed by atoms with van der Waals surface area (Å²) < 4.78 is 41.3. The van der Waals surface area contributed by atoms with Crippen LogP contribution in [0, 0.1) is 0 Å². The Kier molecular flexibility index (Phi) is 11.0. The van der Waals surface area contributed by atoms with E-state index in [1.807, 2.05) is 6.92 Å². The van der Waals surface area contributed by atoms with Crippen molar-refractivity contribution in [2.24, 2.45) is 5.16 Å². The minimum absolute atomic E-state index is 0.0209. The largest absolute Gasteiger partial charge is 0.475 e. The summed E-state index contributed by atoms with van der Waals surface area (Å²) in [5.41, 5.74) is 0.927. The number of aromatic nitrogens is 2. The lowest BCUT2D eigenvalue weighted by atomic mass is 10.1. The molecule has 3 aromatic rings. The summed E-state index contributed by atoms with van der Waals surface area (Å²) in [6, 6.07) is 9.32. The molecule has 222 valence electrons. The van der Waals surface area contributed by atoms with Gasteiger partial charge in [-0.05, 0) is 44.4 Å². The predicted octanol–water partition coefficient (Wildman–Crippen LogP) is 3.19. The summed E-state index contributed by atoms with van der Waals surface area (Å²) >= 11 is 1.15. The number of nitrogens with zero attached hydrogens (tertiary/aromatic N) is 3. The fourth-order valence-electron chi connectivity index (χ4n) is 4.31. The van der Waals surface area contributed by atoms with Crippen molar-refractivity contribution < 1.29 is 37.4 Å². The Hall–Kier alpha value is -3.17. The molecule has 41 heavy (non-hydrogen) atoms. The van der Waals surface area contributed by atoms with Crippen LogP contribution >= 0.6 is 11.3 Å². The number of carbonyl (C=O) groups is 1. The number of anilines is 1. The van der Waals surface area contributed by atoms with E-state index in [9.17, 15) is 13.2 Å². The van der Waals surface area contributed by atoms with Gasteiger partial charge in [0, 0.05) is 38.4 Å². The molecule has 0 aliphatic heterocycles. The minimum atomic E-state index is -3.51. The Morgan fingerprint density at radius 1 is 1.12 bits per heavy atom. The van der Waals surface area contributed by atoms with Gasteiger partial charge in [-0.15, -0.1) is 0 Å². The van der Waals surface area contributed by atoms with Gasteiger partial charge in [0.25, 0.3) is 5.91 Å². The number of aliphatic hydroxyl groups excluding tert-OH is 1. The second-order valence-electron chi connectivity index (χ2n) is 9.27. The third-order valence-corrected chi connectivity index (χ3v) is 8.98. The summed E-state index contributed by atoms with van der Waals surface area (Å²) in [5, 5.41) is 16.2. The van der Waals surface area contributed by atoms with Crippen LogP contribution in [0.4, 0.5) is 5.13 Å². The Balaban J connectivity index is 1.55. The number of rotatable bonds is 15. The standard InChI is InChI=1S/C27H34N4O8S2/c1-3-37-19-7-8-20(17-19)39-31-24(18-5-9-21(10-6-18)41(34,35)16-4-14-36-2)25(33)30-27-28-22-11-12-23(38-15-13-32)29-26(22)40-27/h5-6,9-12,19-20,32H,3-4,7-8,13-17H2,1-2H3,(H,28,30,33)/t19-,20-/m1/s1. The van der Waals surface area contributed by atoms with Crippen LogP contribution in [-0.2, 0) is 28.9 Å². The number of thiazole rings is 1. The topological polar surface area (TPSA) is 159 Å². The van der Waals surface area contributed by atoms with E-state index in [0.717, 1.165) is 24.2 Å². The Morgan fingerprint density at radius 3 is 2.63 bits per heavy atom. The van der Waals surface area contributed by atoms with E-state index in [4.69, 9.17) is 24.2 Å². The first-order valence-electron chi connectivity index (χ1n) is 13.3. The van der Waals surface area contributed by atoms with Crippen LogP contribution in [0.5, 0.6) is 5.88 Å². The quantitative estimate of drug-likeness (QED) is 0.149. The number of oxime groups is 1. The third kappa shape index (κ3) is 8.42. The molecule has 0 spiro atoms. The number of ether oxygens (including phenoxy) is 3. The van der Waals surface area contributed by atoms with Gasteiger partial charge < -0.3 is 24.2 Å². The third-order valence-electron chi connectivity index (χ3n) is 6.29. The summed E-state index contributed by atoms with van der Waals surface area (Å²) in [5.74, 6) is -0.287. The summed E-state index contributed by atoms with van der Waals surface area (Å²) in [6.07, 6.45) is 2.50. The van der Waals surface area contributed by atoms with Crippen LogP contribution in [0.2, 0.25) is 0 Å². The van der Waals surface area contributed by atoms with Crippen LogP contribution in [0.25, 0.3) is 10.3 Å². The minimum Gasteiger partial charge on any atom is -0.475 e. The van der Waals surface area contributed by atoms with Crippen molar-refractivity contribution >= 4 is 48.3 Å². The van der Waals surface area contributed by atoms with Crippen molar-refractivity contribution in [1.82, 2.24) is 9.97 Å². The zero-order valence-corrected chi connectivity index (χ0v) is 24.6. The molecule has 2 atom stereocenters. The Bertz CT molecular complexity index is 1440. The van der Waals surface area contributed by atoms with Crippen molar-refractivity contribution in [3.63, 3.8) is 0 Å². The summed E-state index contributed by atoms with van der Waals surface area (Å²) in [7, 11) is -1.99. The Labute approximate surface area is 242 Å². The number of fused-ring (bicyclic) bond motifs is 1. The second kappa shape index (κ2) is 14.6. The van der Waals surface area contributed by atoms with Crippen LogP contribution in [0.3, 0.4) is 0 Å². The van der Waals surface area contributed by atoms with Gasteiger partial charge in [-0.2, -0.15) is 0 Å². The van der Waals surface area contributed by atoms with Crippen LogP contribution in [0.1, 0.15) is 38.2 Å². The lowest BCUT2D eigenvalue weighted by molar-refractivity contribution is -0.110. The van der Waals surface area contributed by atoms with Crippen molar-refractivity contribution in [3.8, 4) is 5.88 Å². The highest BCUT2D eigenvalue weighted by molar-refractivity contribution is 7.91. The maximum Gasteiger partial charge on any atom is 0.280 e. The smallest absolute Gasteiger partial charge is 0.280 e. The number of hydrogen-bond donors (Lipinski definition) is 2. The number of pyridine rings is 1. The second-order valence-corrected chi connectivity index (χ2v) is 12.4. The van der Waals surface area contributed by atoms with Gasteiger partial charge in [-0.3, -0.25) is 10.1 Å². The van der Waals surface area contributed by atoms with Gasteiger partial charge in [-0.25, -0.2) is 18.4 Å². The van der Waals surface area contributed by atoms with E-state index in [2.05, 4.69) is 20.4 Å². The predicted molar refractivity (Wildman–Crippen MR) is 154 cm³/mol. The number of nitrogens with one attached hydrogen (secondary N) is 1. The van der Waals surface area contributed by atoms with Gasteiger partial charge in [0.1, 0.15) is 23.1 Å². The first kappa shape index (κ1) is 30.8. The van der Waals surface area contributed by atoms with Crippen LogP contribution < -0.4 is 10.1 Å². The Morgan fingerprint density at radius 2 is 1.90 bits per heavy atom. The van der Waals surface area contributed by atoms with Crippen molar-refractivity contribution in [2.75, 3.05) is 44.6 Å². The van der Waals surface area contributed by atoms with Gasteiger partial charge in [0.05, 0.1) is 23.4 Å². The molecule has 4 rings (SSSR count). The number of aliphatic hydroxyl groups is 1. The first-order chi connectivity index (χ1) is 19.8. The van der Waals surface area contributed by atoms with E-state index in [1.54, 1.807) is 12.1 Å². The van der Waals surface area contributed by atoms with E-state index < -0.39 is 15.7 Å². The zero-order chi connectivity index (χ0) is 29.2. The maximum atomic E-state index is 13.4. The average Bonchev–Trinajstić information content (AvgIpc) is 3.58. The summed E-state index contributed by atoms with van der Waals surface area (Å²) in [4.78, 5) is 28.7. The van der Waals surface area contributed by atoms with Crippen LogP contribution in [0.15, 0.2) is 46.4 Å². The normalized spacial score (nSPS) is 17.6. The lowest BCUT2D eigenvalue weighted by Crippen LogP contribution is -2.25. The van der Waals surface area contributed by atoms with E-state index in [-0.39, 0.29) is 41.8 Å². The monoisotopic (exact) mass is 606 g/mol. The molecule has 12 nitrogen and oxygen atoms in total. The van der Waals surface area contributed by atoms with Crippen molar-refractivity contribution in [3.05, 3.63) is 42.0 Å². The van der Waals surface area contributed by atoms with Gasteiger partial charge >= 0.3 is 0 Å². The molecule has 0 bridgehead atoms. The summed E-state index contributed by atoms with van der Waals surface area (Å²) in [6.45, 7) is 2.87. The SMILES string of the molecule is CCO[C@@H]1CC[C@@H](ON=C(C(=O)Nc2nc3ccc(OCCO)nc3s2)c2ccc(S(=O)(=O)CCCOC)cc2)C1. The highest BCUT2D eigenvalue weighted by atomic mass is 32.2. The number of amides is 1. The molecule has 1 aromatic carbocycles. The number of carbonyl (C=O) groups excluding carboxylic acids is 1. The molecule has 1 aliphatic carbocycles. The average molecular weight is 607 g/mol. The highest BCUT2D eigenvalue weighted by Gasteiger charge is 2.28. The molecule has 0 saturated heterocycles. The number of hydrogen-bond acceptors (Lipinski definition) is 12. The fraction of sp³-hybridized carbons (Fsp3) is 0.481. The number of methoxy groups -OCH3 is 1. The maximum absolute atomic E-state index is 13.4. The van der Waals surface area contributed by atoms with Gasteiger partial charge in [-0.1, -0.05) is 28.6 Å². The molecule has 1 fully saturated rings. The molecule has 1 amide bonds. The molecule has 2 heterocycles. The van der Waals surface area contributed by atoms with Crippen molar-refractivity contribution in [1.29, 1.82) is 0 Å². The fourth-order valence-corrected chi connectivity index (χ4v) is 6.42. The molecule has 2 aromatic heterocycles.